The van der Waals surface area contributed by atoms with Crippen LogP contribution in [0.3, 0.4) is 0 Å². The van der Waals surface area contributed by atoms with Crippen LogP contribution in [0.5, 0.6) is 5.75 Å². The molecule has 0 aliphatic heterocycles. The molecule has 0 unspecified atom stereocenters. The molecule has 1 aliphatic rings. The maximum Gasteiger partial charge on any atom is 0.432 e. The van der Waals surface area contributed by atoms with E-state index in [9.17, 15) is 30.7 Å². The molecule has 8 heteroatoms. The van der Waals surface area contributed by atoms with Crippen LogP contribution in [0.2, 0.25) is 0 Å². The Hall–Kier alpha value is -2.25. The van der Waals surface area contributed by atoms with Crippen molar-refractivity contribution in [3.63, 3.8) is 0 Å². The number of benzene rings is 2. The van der Waals surface area contributed by atoms with Crippen molar-refractivity contribution in [2.24, 2.45) is 0 Å². The van der Waals surface area contributed by atoms with Crippen molar-refractivity contribution in [3.8, 4) is 5.75 Å². The van der Waals surface area contributed by atoms with Gasteiger partial charge in [-0.15, -0.1) is 0 Å². The molecule has 0 heterocycles. The summed E-state index contributed by atoms with van der Waals surface area (Å²) in [6.07, 6.45) is 0.644. The third-order valence-electron chi connectivity index (χ3n) is 4.89. The highest BCUT2D eigenvalue weighted by Crippen LogP contribution is 2.39. The standard InChI is InChI=1S/C20H17F7O/c21-14-7-12(11-5-3-1-2-4-6-11)8-15(22)18(14)20(26,27)28-13-9-16(23)19(25)17(24)10-13/h7-11H,1-6H2. The molecule has 0 amide bonds. The summed E-state index contributed by atoms with van der Waals surface area (Å²) in [5, 5.41) is 0. The van der Waals surface area contributed by atoms with Crippen LogP contribution in [0.1, 0.15) is 55.6 Å². The van der Waals surface area contributed by atoms with Crippen molar-refractivity contribution >= 4 is 0 Å². The molecule has 0 spiro atoms. The minimum Gasteiger partial charge on any atom is -0.429 e. The lowest BCUT2D eigenvalue weighted by molar-refractivity contribution is -0.189. The fourth-order valence-electron chi connectivity index (χ4n) is 3.51. The molecule has 1 aliphatic carbocycles. The predicted octanol–water partition coefficient (Wildman–Crippen LogP) is 6.95. The molecule has 152 valence electrons. The van der Waals surface area contributed by atoms with Gasteiger partial charge in [0.15, 0.2) is 17.5 Å². The number of hydrogen-bond donors (Lipinski definition) is 0. The molecular weight excluding hydrogens is 389 g/mol. The summed E-state index contributed by atoms with van der Waals surface area (Å²) in [7, 11) is 0. The van der Waals surface area contributed by atoms with E-state index in [1.165, 1.54) is 0 Å². The van der Waals surface area contributed by atoms with Crippen LogP contribution >= 0.6 is 0 Å². The quantitative estimate of drug-likeness (QED) is 0.303. The Labute approximate surface area is 157 Å². The number of ether oxygens (including phenoxy) is 1. The average molecular weight is 406 g/mol. The lowest BCUT2D eigenvalue weighted by atomic mass is 9.90. The molecule has 2 aromatic rings. The fourth-order valence-corrected chi connectivity index (χ4v) is 3.51. The summed E-state index contributed by atoms with van der Waals surface area (Å²) in [5.41, 5.74) is -1.38. The molecule has 0 saturated heterocycles. The molecule has 1 nitrogen and oxygen atoms in total. The molecule has 28 heavy (non-hydrogen) atoms. The fraction of sp³-hybridized carbons (Fsp3) is 0.400. The molecule has 1 fully saturated rings. The van der Waals surface area contributed by atoms with E-state index in [1.54, 1.807) is 0 Å². The summed E-state index contributed by atoms with van der Waals surface area (Å²) >= 11 is 0. The van der Waals surface area contributed by atoms with Gasteiger partial charge in [-0.1, -0.05) is 25.7 Å². The van der Waals surface area contributed by atoms with Crippen LogP contribution in [0.4, 0.5) is 30.7 Å². The number of rotatable bonds is 4. The molecule has 1 saturated carbocycles. The van der Waals surface area contributed by atoms with Gasteiger partial charge in [0.05, 0.1) is 0 Å². The zero-order valence-corrected chi connectivity index (χ0v) is 14.7. The van der Waals surface area contributed by atoms with Crippen molar-refractivity contribution in [3.05, 3.63) is 64.5 Å². The zero-order chi connectivity index (χ0) is 20.5. The maximum absolute atomic E-state index is 14.4. The zero-order valence-electron chi connectivity index (χ0n) is 14.7. The summed E-state index contributed by atoms with van der Waals surface area (Å²) in [6.45, 7) is 0. The first-order chi connectivity index (χ1) is 13.2. The van der Waals surface area contributed by atoms with Gasteiger partial charge in [0.1, 0.15) is 22.9 Å². The Morgan fingerprint density at radius 1 is 0.714 bits per heavy atom. The van der Waals surface area contributed by atoms with Crippen LogP contribution in [-0.2, 0) is 6.11 Å². The lowest BCUT2D eigenvalue weighted by Gasteiger charge is -2.21. The van der Waals surface area contributed by atoms with Gasteiger partial charge < -0.3 is 4.74 Å². The van der Waals surface area contributed by atoms with Gasteiger partial charge in [0.2, 0.25) is 0 Å². The number of alkyl halides is 2. The second-order valence-electron chi connectivity index (χ2n) is 6.87. The molecule has 3 rings (SSSR count). The third kappa shape index (κ3) is 4.25. The Balaban J connectivity index is 1.91. The second kappa shape index (κ2) is 8.01. The molecule has 0 bridgehead atoms. The Morgan fingerprint density at radius 2 is 1.21 bits per heavy atom. The van der Waals surface area contributed by atoms with Gasteiger partial charge in [-0.3, -0.25) is 0 Å². The maximum atomic E-state index is 14.4. The summed E-state index contributed by atoms with van der Waals surface area (Å²) in [6, 6.07) is 2.03. The van der Waals surface area contributed by atoms with Gasteiger partial charge in [-0.25, -0.2) is 22.0 Å². The predicted molar refractivity (Wildman–Crippen MR) is 87.6 cm³/mol. The van der Waals surface area contributed by atoms with Gasteiger partial charge in [0, 0.05) is 12.1 Å². The van der Waals surface area contributed by atoms with E-state index in [1.807, 2.05) is 0 Å². The van der Waals surface area contributed by atoms with Gasteiger partial charge in [-0.05, 0) is 36.5 Å². The average Bonchev–Trinajstić information content (AvgIpc) is 2.87. The first-order valence-electron chi connectivity index (χ1n) is 8.90. The topological polar surface area (TPSA) is 9.23 Å². The molecule has 0 aromatic heterocycles. The van der Waals surface area contributed by atoms with E-state index in [2.05, 4.69) is 4.74 Å². The van der Waals surface area contributed by atoms with Crippen LogP contribution in [0.15, 0.2) is 24.3 Å². The van der Waals surface area contributed by atoms with Crippen LogP contribution in [-0.4, -0.2) is 0 Å². The highest BCUT2D eigenvalue weighted by Gasteiger charge is 2.41. The molecule has 0 radical (unpaired) electrons. The first-order valence-corrected chi connectivity index (χ1v) is 8.90. The van der Waals surface area contributed by atoms with Gasteiger partial charge in [-0.2, -0.15) is 8.78 Å². The van der Waals surface area contributed by atoms with Crippen molar-refractivity contribution < 1.29 is 35.5 Å². The minimum absolute atomic E-state index is 0.129. The van der Waals surface area contributed by atoms with E-state index in [0.717, 1.165) is 37.8 Å². The Bertz CT molecular complexity index is 812. The molecule has 2 aromatic carbocycles. The smallest absolute Gasteiger partial charge is 0.429 e. The second-order valence-corrected chi connectivity index (χ2v) is 6.87. The Morgan fingerprint density at radius 3 is 1.71 bits per heavy atom. The van der Waals surface area contributed by atoms with Crippen molar-refractivity contribution in [1.29, 1.82) is 0 Å². The number of halogens is 7. The van der Waals surface area contributed by atoms with Gasteiger partial charge >= 0.3 is 6.11 Å². The van der Waals surface area contributed by atoms with E-state index < -0.39 is 46.5 Å². The van der Waals surface area contributed by atoms with Crippen molar-refractivity contribution in [2.75, 3.05) is 0 Å². The van der Waals surface area contributed by atoms with E-state index in [0.29, 0.717) is 12.8 Å². The Kier molecular flexibility index (Phi) is 5.86. The number of hydrogen-bond acceptors (Lipinski definition) is 1. The highest BCUT2D eigenvalue weighted by atomic mass is 19.3. The summed E-state index contributed by atoms with van der Waals surface area (Å²) < 4.78 is 101. The van der Waals surface area contributed by atoms with Crippen molar-refractivity contribution in [2.45, 2.75) is 50.6 Å². The van der Waals surface area contributed by atoms with E-state index in [-0.39, 0.29) is 23.6 Å². The molecule has 0 atom stereocenters. The SMILES string of the molecule is Fc1cc(OC(F)(F)c2c(F)cc(C3CCCCCC3)cc2F)cc(F)c1F. The summed E-state index contributed by atoms with van der Waals surface area (Å²) in [5.74, 6) is -9.69. The normalized spacial score (nSPS) is 16.1. The van der Waals surface area contributed by atoms with Crippen molar-refractivity contribution in [1.82, 2.24) is 0 Å². The van der Waals surface area contributed by atoms with Crippen LogP contribution in [0.25, 0.3) is 0 Å². The highest BCUT2D eigenvalue weighted by molar-refractivity contribution is 5.32. The largest absolute Gasteiger partial charge is 0.432 e. The first kappa shape index (κ1) is 20.5. The van der Waals surface area contributed by atoms with E-state index in [4.69, 9.17) is 0 Å². The summed E-state index contributed by atoms with van der Waals surface area (Å²) in [4.78, 5) is 0. The minimum atomic E-state index is -4.56. The van der Waals surface area contributed by atoms with Crippen LogP contribution in [0, 0.1) is 29.1 Å². The lowest BCUT2D eigenvalue weighted by Crippen LogP contribution is -2.25. The molecular formula is C20H17F7O. The van der Waals surface area contributed by atoms with Crippen LogP contribution < -0.4 is 4.74 Å². The van der Waals surface area contributed by atoms with E-state index >= 15 is 0 Å². The third-order valence-corrected chi connectivity index (χ3v) is 4.89. The monoisotopic (exact) mass is 406 g/mol. The van der Waals surface area contributed by atoms with Gasteiger partial charge in [0.25, 0.3) is 0 Å². The molecule has 0 N–H and O–H groups in total.